The van der Waals surface area contributed by atoms with Crippen LogP contribution >= 0.6 is 0 Å². The van der Waals surface area contributed by atoms with Gasteiger partial charge in [0.2, 0.25) is 0 Å². The molecule has 2 aliphatic rings. The summed E-state index contributed by atoms with van der Waals surface area (Å²) in [5.41, 5.74) is 4.56. The number of aromatic hydroxyl groups is 1. The van der Waals surface area contributed by atoms with Gasteiger partial charge in [-0.05, 0) is 62.1 Å². The van der Waals surface area contributed by atoms with Gasteiger partial charge in [-0.2, -0.15) is 0 Å². The van der Waals surface area contributed by atoms with Crippen molar-refractivity contribution in [3.63, 3.8) is 0 Å². The average Bonchev–Trinajstić information content (AvgIpc) is 2.95. The van der Waals surface area contributed by atoms with Gasteiger partial charge in [-0.1, -0.05) is 6.08 Å². The Morgan fingerprint density at radius 3 is 2.84 bits per heavy atom. The molecule has 0 amide bonds. The first kappa shape index (κ1) is 16.6. The maximum absolute atomic E-state index is 10.1. The van der Waals surface area contributed by atoms with Gasteiger partial charge in [-0.15, -0.1) is 0 Å². The summed E-state index contributed by atoms with van der Waals surface area (Å²) in [6.07, 6.45) is 3.72. The number of hydrogen-bond acceptors (Lipinski definition) is 4. The molecule has 2 aliphatic heterocycles. The van der Waals surface area contributed by atoms with E-state index in [0.717, 1.165) is 29.3 Å². The number of aromatic nitrogens is 1. The van der Waals surface area contributed by atoms with Crippen LogP contribution in [-0.4, -0.2) is 51.5 Å². The quantitative estimate of drug-likeness (QED) is 0.646. The number of nitrogens with zero attached hydrogens (tertiary/aromatic N) is 1. The van der Waals surface area contributed by atoms with E-state index in [4.69, 9.17) is 0 Å². The summed E-state index contributed by atoms with van der Waals surface area (Å²) in [4.78, 5) is 5.93. The highest BCUT2D eigenvalue weighted by molar-refractivity contribution is 5.86. The van der Waals surface area contributed by atoms with Gasteiger partial charge in [-0.3, -0.25) is 4.90 Å². The fraction of sp³-hybridized carbons (Fsp3) is 0.500. The molecule has 0 aliphatic carbocycles. The minimum atomic E-state index is 0.0499. The number of rotatable bonds is 3. The van der Waals surface area contributed by atoms with E-state index in [-0.39, 0.29) is 42.9 Å². The lowest BCUT2D eigenvalue weighted by molar-refractivity contribution is -0.00908. The Kier molecular flexibility index (Phi) is 4.10. The number of aliphatic hydroxyl groups excluding tert-OH is 2. The van der Waals surface area contributed by atoms with Gasteiger partial charge in [0, 0.05) is 35.2 Å². The van der Waals surface area contributed by atoms with E-state index in [1.54, 1.807) is 6.07 Å². The number of hydrogen-bond donors (Lipinski definition) is 4. The lowest BCUT2D eigenvalue weighted by Crippen LogP contribution is -2.54. The number of phenolic OH excluding ortho intramolecular Hbond substituents is 1. The summed E-state index contributed by atoms with van der Waals surface area (Å²) in [7, 11) is 2.13. The van der Waals surface area contributed by atoms with Gasteiger partial charge in [-0.25, -0.2) is 0 Å². The number of H-pyrrole nitrogens is 1. The van der Waals surface area contributed by atoms with Crippen LogP contribution in [0, 0.1) is 11.8 Å². The molecular weight excluding hydrogens is 316 g/mol. The molecular formula is C20H26N2O3. The number of benzene rings is 1. The Morgan fingerprint density at radius 2 is 2.16 bits per heavy atom. The summed E-state index contributed by atoms with van der Waals surface area (Å²) in [5.74, 6) is 0.584. The molecule has 134 valence electrons. The third-order valence-corrected chi connectivity index (χ3v) is 6.41. The van der Waals surface area contributed by atoms with E-state index >= 15 is 0 Å². The summed E-state index contributed by atoms with van der Waals surface area (Å²) in [6, 6.07) is 5.94. The molecule has 4 rings (SSSR count). The standard InChI is InChI=1S/C20H26N2O3/c1-3-11(9-23)13-7-19-20-15(8-18(22(19)2)16(13)10-24)14-6-12(25)4-5-17(14)21-20/h3-6,13,16,18-19,21,23-25H,7-10H2,1-2H3/b11-3+/t13-,16-,18-,19-/m0/s1. The van der Waals surface area contributed by atoms with Crippen LogP contribution in [0.3, 0.4) is 0 Å². The Labute approximate surface area is 147 Å². The molecule has 1 aromatic heterocycles. The Morgan fingerprint density at radius 1 is 1.36 bits per heavy atom. The summed E-state index contributed by atoms with van der Waals surface area (Å²) >= 11 is 0. The molecule has 0 radical (unpaired) electrons. The first-order valence-corrected chi connectivity index (χ1v) is 9.01. The SMILES string of the molecule is C/C=C(\CO)[C@@H]1C[C@H]2c3[nH]c4ccc(O)cc4c3C[C@@H]([C@H]1CO)N2C. The number of piperidine rings is 1. The van der Waals surface area contributed by atoms with E-state index in [2.05, 4.69) is 16.9 Å². The van der Waals surface area contributed by atoms with Crippen molar-refractivity contribution in [2.24, 2.45) is 11.8 Å². The molecule has 25 heavy (non-hydrogen) atoms. The molecule has 4 atom stereocenters. The van der Waals surface area contributed by atoms with E-state index in [9.17, 15) is 15.3 Å². The lowest BCUT2D eigenvalue weighted by atomic mass is 9.68. The Bertz CT molecular complexity index is 826. The zero-order chi connectivity index (χ0) is 17.7. The lowest BCUT2D eigenvalue weighted by Gasteiger charge is -2.51. The van der Waals surface area contributed by atoms with Crippen molar-refractivity contribution < 1.29 is 15.3 Å². The second kappa shape index (κ2) is 6.16. The van der Waals surface area contributed by atoms with Crippen LogP contribution in [0.15, 0.2) is 29.8 Å². The second-order valence-electron chi connectivity index (χ2n) is 7.41. The first-order chi connectivity index (χ1) is 12.1. The largest absolute Gasteiger partial charge is 0.508 e. The number of fused-ring (bicyclic) bond motifs is 6. The number of nitrogens with one attached hydrogen (secondary N) is 1. The van der Waals surface area contributed by atoms with Gasteiger partial charge in [0.1, 0.15) is 5.75 Å². The minimum Gasteiger partial charge on any atom is -0.508 e. The third kappa shape index (κ3) is 2.41. The molecule has 0 saturated carbocycles. The highest BCUT2D eigenvalue weighted by atomic mass is 16.3. The van der Waals surface area contributed by atoms with Crippen molar-refractivity contribution >= 4 is 10.9 Å². The zero-order valence-corrected chi connectivity index (χ0v) is 14.7. The number of phenols is 1. The maximum atomic E-state index is 10.1. The Balaban J connectivity index is 1.84. The molecule has 2 aromatic rings. The number of allylic oxidation sites excluding steroid dienone is 1. The fourth-order valence-electron chi connectivity index (χ4n) is 5.07. The predicted octanol–water partition coefficient (Wildman–Crippen LogP) is 2.34. The number of aliphatic hydroxyl groups is 2. The van der Waals surface area contributed by atoms with E-state index in [1.807, 2.05) is 25.1 Å². The van der Waals surface area contributed by atoms with Crippen molar-refractivity contribution in [1.29, 1.82) is 0 Å². The van der Waals surface area contributed by atoms with Crippen molar-refractivity contribution in [2.45, 2.75) is 31.8 Å². The van der Waals surface area contributed by atoms with Gasteiger partial charge < -0.3 is 20.3 Å². The molecule has 0 spiro atoms. The molecule has 1 saturated heterocycles. The number of likely N-dealkylation sites (N-methyl/N-ethyl adjacent to an activating group) is 1. The van der Waals surface area contributed by atoms with Crippen LogP contribution < -0.4 is 0 Å². The smallest absolute Gasteiger partial charge is 0.116 e. The minimum absolute atomic E-state index is 0.0499. The van der Waals surface area contributed by atoms with Gasteiger partial charge in [0.05, 0.1) is 12.6 Å². The molecule has 5 heteroatoms. The van der Waals surface area contributed by atoms with Gasteiger partial charge in [0.15, 0.2) is 0 Å². The van der Waals surface area contributed by atoms with Gasteiger partial charge in [0.25, 0.3) is 0 Å². The summed E-state index contributed by atoms with van der Waals surface area (Å²) in [5, 5.41) is 30.8. The van der Waals surface area contributed by atoms with Gasteiger partial charge >= 0.3 is 0 Å². The zero-order valence-electron chi connectivity index (χ0n) is 14.7. The molecule has 2 bridgehead atoms. The highest BCUT2D eigenvalue weighted by Gasteiger charge is 2.47. The van der Waals surface area contributed by atoms with E-state index < -0.39 is 0 Å². The van der Waals surface area contributed by atoms with Crippen LogP contribution in [-0.2, 0) is 6.42 Å². The normalized spacial score (nSPS) is 29.8. The number of aromatic amines is 1. The monoisotopic (exact) mass is 342 g/mol. The fourth-order valence-corrected chi connectivity index (χ4v) is 5.07. The van der Waals surface area contributed by atoms with Crippen molar-refractivity contribution in [1.82, 2.24) is 9.88 Å². The van der Waals surface area contributed by atoms with Crippen LogP contribution in [0.5, 0.6) is 5.75 Å². The topological polar surface area (TPSA) is 79.7 Å². The molecule has 3 heterocycles. The van der Waals surface area contributed by atoms with Crippen LogP contribution in [0.1, 0.15) is 30.6 Å². The van der Waals surface area contributed by atoms with Crippen LogP contribution in [0.2, 0.25) is 0 Å². The van der Waals surface area contributed by atoms with Crippen LogP contribution in [0.25, 0.3) is 10.9 Å². The first-order valence-electron chi connectivity index (χ1n) is 9.01. The molecule has 5 nitrogen and oxygen atoms in total. The van der Waals surface area contributed by atoms with E-state index in [1.165, 1.54) is 11.3 Å². The maximum Gasteiger partial charge on any atom is 0.116 e. The highest BCUT2D eigenvalue weighted by Crippen LogP contribution is 2.49. The Hall–Kier alpha value is -1.82. The molecule has 1 aromatic carbocycles. The molecule has 1 fully saturated rings. The van der Waals surface area contributed by atoms with Crippen molar-refractivity contribution in [2.75, 3.05) is 20.3 Å². The summed E-state index contributed by atoms with van der Waals surface area (Å²) in [6.45, 7) is 2.13. The second-order valence-corrected chi connectivity index (χ2v) is 7.41. The molecule has 0 unspecified atom stereocenters. The average molecular weight is 342 g/mol. The van der Waals surface area contributed by atoms with Crippen molar-refractivity contribution in [3.05, 3.63) is 41.1 Å². The summed E-state index contributed by atoms with van der Waals surface area (Å²) < 4.78 is 0. The molecule has 4 N–H and O–H groups in total. The predicted molar refractivity (Wildman–Crippen MR) is 97.5 cm³/mol. The van der Waals surface area contributed by atoms with E-state index in [0.29, 0.717) is 0 Å². The van der Waals surface area contributed by atoms with Crippen molar-refractivity contribution in [3.8, 4) is 5.75 Å². The third-order valence-electron chi connectivity index (χ3n) is 6.41. The van der Waals surface area contributed by atoms with Crippen LogP contribution in [0.4, 0.5) is 0 Å².